The summed E-state index contributed by atoms with van der Waals surface area (Å²) < 4.78 is 36.7. The van der Waals surface area contributed by atoms with Crippen LogP contribution in [0.2, 0.25) is 32.2 Å². The van der Waals surface area contributed by atoms with Gasteiger partial charge in [-0.2, -0.15) is 0 Å². The molecule has 0 fully saturated rings. The fourth-order valence-electron chi connectivity index (χ4n) is 3.63. The van der Waals surface area contributed by atoms with Crippen molar-refractivity contribution in [3.63, 3.8) is 0 Å². The number of ether oxygens (including phenoxy) is 6. The van der Waals surface area contributed by atoms with E-state index in [1.54, 1.807) is 24.3 Å². The zero-order chi connectivity index (χ0) is 28.4. The Kier molecular flexibility index (Phi) is 11.5. The molecule has 0 saturated heterocycles. The van der Waals surface area contributed by atoms with E-state index in [4.69, 9.17) is 27.8 Å². The first kappa shape index (κ1) is 31.5. The minimum absolute atomic E-state index is 0.177. The van der Waals surface area contributed by atoms with Crippen molar-refractivity contribution in [3.8, 4) is 11.5 Å². The van der Waals surface area contributed by atoms with Crippen molar-refractivity contribution in [2.45, 2.75) is 58.4 Å². The summed E-state index contributed by atoms with van der Waals surface area (Å²) in [4.78, 5) is 23.7. The zero-order valence-corrected chi connectivity index (χ0v) is 25.6. The molecule has 210 valence electrons. The van der Waals surface area contributed by atoms with E-state index < -0.39 is 28.9 Å². The summed E-state index contributed by atoms with van der Waals surface area (Å²) >= 11 is 0. The van der Waals surface area contributed by atoms with Crippen LogP contribution in [0.5, 0.6) is 11.5 Å². The lowest BCUT2D eigenvalue weighted by molar-refractivity contribution is -0.0188. The number of carbonyl (C=O) groups excluding carboxylic acids is 2. The lowest BCUT2D eigenvalue weighted by Crippen LogP contribution is -2.47. The molecule has 0 radical (unpaired) electrons. The van der Waals surface area contributed by atoms with Crippen molar-refractivity contribution >= 4 is 28.9 Å². The third-order valence-corrected chi connectivity index (χ3v) is 13.0. The van der Waals surface area contributed by atoms with Gasteiger partial charge in [0.05, 0.1) is 6.23 Å². The van der Waals surface area contributed by atoms with Gasteiger partial charge in [-0.15, -0.1) is 0 Å². The predicted molar refractivity (Wildman–Crippen MR) is 148 cm³/mol. The highest BCUT2D eigenvalue weighted by Gasteiger charge is 2.32. The number of hydrogen-bond acceptors (Lipinski definition) is 9. The molecule has 2 aromatic carbocycles. The molecule has 0 aliphatic rings. The van der Waals surface area contributed by atoms with Gasteiger partial charge in [-0.3, -0.25) is 0 Å². The highest BCUT2D eigenvalue weighted by molar-refractivity contribution is 6.84. The van der Waals surface area contributed by atoms with Crippen LogP contribution >= 0.6 is 0 Å². The lowest BCUT2D eigenvalue weighted by Gasteiger charge is -2.32. The molecular formula is C27H40O9Si2. The zero-order valence-electron chi connectivity index (χ0n) is 23.6. The molecule has 0 aromatic heterocycles. The second-order valence-electron chi connectivity index (χ2n) is 10.5. The second-order valence-corrected chi connectivity index (χ2v) is 19.4. The second kappa shape index (κ2) is 13.9. The Hall–Kier alpha value is -2.71. The Bertz CT molecular complexity index is 1040. The topological polar surface area (TPSA) is 98.8 Å². The van der Waals surface area contributed by atoms with Crippen LogP contribution in [-0.2, 0) is 28.5 Å². The minimum atomic E-state index is -2.00. The van der Waals surface area contributed by atoms with Gasteiger partial charge in [-0.1, -0.05) is 45.0 Å². The van der Waals surface area contributed by atoms with Gasteiger partial charge in [-0.25, -0.2) is 9.59 Å². The molecule has 0 bridgehead atoms. The summed E-state index contributed by atoms with van der Waals surface area (Å²) in [6.07, 6.45) is -1.23. The lowest BCUT2D eigenvalue weighted by atomic mass is 9.78. The number of methoxy groups -OCH3 is 1. The molecule has 38 heavy (non-hydrogen) atoms. The molecule has 0 amide bonds. The van der Waals surface area contributed by atoms with E-state index in [0.29, 0.717) is 17.7 Å². The molecule has 0 atom stereocenters. The van der Waals surface area contributed by atoms with Gasteiger partial charge in [0.1, 0.15) is 11.5 Å². The molecule has 0 saturated carbocycles. The molecule has 0 aliphatic heterocycles. The molecule has 0 unspecified atom stereocenters. The third-order valence-electron chi connectivity index (χ3n) is 5.96. The first-order valence-electron chi connectivity index (χ1n) is 12.4. The van der Waals surface area contributed by atoms with Crippen LogP contribution in [0.3, 0.4) is 0 Å². The molecule has 9 nitrogen and oxygen atoms in total. The van der Waals surface area contributed by atoms with Crippen molar-refractivity contribution in [2.75, 3.05) is 26.9 Å². The van der Waals surface area contributed by atoms with E-state index >= 15 is 0 Å². The quantitative estimate of drug-likeness (QED) is 0.0875. The molecule has 2 rings (SSSR count). The van der Waals surface area contributed by atoms with E-state index in [0.717, 1.165) is 17.2 Å². The number of carbonyl (C=O) groups is 2. The van der Waals surface area contributed by atoms with Crippen molar-refractivity contribution in [2.24, 2.45) is 0 Å². The summed E-state index contributed by atoms with van der Waals surface area (Å²) in [6, 6.07) is 15.4. The van der Waals surface area contributed by atoms with Crippen molar-refractivity contribution < 1.29 is 42.1 Å². The van der Waals surface area contributed by atoms with E-state index in [2.05, 4.69) is 51.7 Å². The van der Waals surface area contributed by atoms with Crippen molar-refractivity contribution in [3.05, 3.63) is 59.7 Å². The van der Waals surface area contributed by atoms with Crippen LogP contribution in [0.25, 0.3) is 0 Å². The average Bonchev–Trinajstić information content (AvgIpc) is 2.85. The third kappa shape index (κ3) is 10.2. The molecular weight excluding hydrogens is 524 g/mol. The minimum Gasteiger partial charge on any atom is -0.454 e. The van der Waals surface area contributed by atoms with E-state index in [-0.39, 0.29) is 19.0 Å². The van der Waals surface area contributed by atoms with Gasteiger partial charge in [0, 0.05) is 12.5 Å². The molecule has 2 aromatic rings. The highest BCUT2D eigenvalue weighted by Crippen LogP contribution is 2.33. The first-order chi connectivity index (χ1) is 17.8. The molecule has 0 heterocycles. The smallest absolute Gasteiger partial charge is 0.454 e. The summed E-state index contributed by atoms with van der Waals surface area (Å²) in [7, 11) is -2.26. The molecule has 0 N–H and O–H groups in total. The Morgan fingerprint density at radius 1 is 0.737 bits per heavy atom. The maximum Gasteiger partial charge on any atom is 0.515 e. The van der Waals surface area contributed by atoms with Crippen LogP contribution in [0.4, 0.5) is 9.59 Å². The van der Waals surface area contributed by atoms with Gasteiger partial charge in [0.25, 0.3) is 0 Å². The Morgan fingerprint density at radius 2 is 1.18 bits per heavy atom. The monoisotopic (exact) mass is 564 g/mol. The predicted octanol–water partition coefficient (Wildman–Crippen LogP) is 6.61. The normalized spacial score (nSPS) is 12.1. The van der Waals surface area contributed by atoms with Gasteiger partial charge >= 0.3 is 12.3 Å². The van der Waals surface area contributed by atoms with Crippen LogP contribution in [-0.4, -0.2) is 55.9 Å². The maximum absolute atomic E-state index is 12.1. The maximum atomic E-state index is 12.1. The van der Waals surface area contributed by atoms with Crippen molar-refractivity contribution in [1.29, 1.82) is 0 Å². The summed E-state index contributed by atoms with van der Waals surface area (Å²) in [5, 5.41) is 0. The highest BCUT2D eigenvalue weighted by atomic mass is 28.4. The van der Waals surface area contributed by atoms with Crippen LogP contribution in [0.15, 0.2) is 48.5 Å². The molecule has 11 heteroatoms. The van der Waals surface area contributed by atoms with Crippen molar-refractivity contribution in [1.82, 2.24) is 0 Å². The van der Waals surface area contributed by atoms with E-state index in [9.17, 15) is 9.59 Å². The SMILES string of the molecule is CC[Si](C)(C)O[Si](C)(C)COCOC(=O)Oc1ccc(C(C)(C)c2ccc(OC(=O)OCOC)cc2)cc1. The molecule has 0 spiro atoms. The van der Waals surface area contributed by atoms with Gasteiger partial charge in [0.15, 0.2) is 30.2 Å². The largest absolute Gasteiger partial charge is 0.515 e. The Balaban J connectivity index is 1.86. The number of hydrogen-bond donors (Lipinski definition) is 0. The first-order valence-corrected chi connectivity index (χ1v) is 18.7. The number of benzene rings is 2. The molecule has 0 aliphatic carbocycles. The van der Waals surface area contributed by atoms with Crippen LogP contribution in [0.1, 0.15) is 31.9 Å². The van der Waals surface area contributed by atoms with Gasteiger partial charge in [0.2, 0.25) is 0 Å². The fourth-order valence-corrected chi connectivity index (χ4v) is 11.0. The van der Waals surface area contributed by atoms with Gasteiger partial charge in [-0.05, 0) is 67.6 Å². The summed E-state index contributed by atoms with van der Waals surface area (Å²) in [5.74, 6) is 0.726. The van der Waals surface area contributed by atoms with E-state index in [1.807, 2.05) is 24.3 Å². The fraction of sp³-hybridized carbons (Fsp3) is 0.481. The Labute approximate surface area is 227 Å². The van der Waals surface area contributed by atoms with Crippen LogP contribution < -0.4 is 9.47 Å². The number of rotatable bonds is 13. The van der Waals surface area contributed by atoms with Crippen LogP contribution in [0, 0.1) is 0 Å². The average molecular weight is 565 g/mol. The van der Waals surface area contributed by atoms with E-state index in [1.165, 1.54) is 7.11 Å². The summed E-state index contributed by atoms with van der Waals surface area (Å²) in [6.45, 7) is 14.5. The Morgan fingerprint density at radius 3 is 1.61 bits per heavy atom. The van der Waals surface area contributed by atoms with Gasteiger partial charge < -0.3 is 32.5 Å². The summed E-state index contributed by atoms with van der Waals surface area (Å²) in [5.41, 5.74) is 1.64. The standard InChI is InChI=1S/C27H40O9Si2/c1-9-37(5,6)36-38(7,8)20-31-19-33-26(29)35-24-16-12-22(13-17-24)27(2,3)21-10-14-23(15-11-21)34-25(28)32-18-30-4/h10-17H,9,18-20H2,1-8H3.